The molecule has 27 heavy (non-hydrogen) atoms. The topological polar surface area (TPSA) is 62.6 Å². The molecule has 1 aromatic carbocycles. The van der Waals surface area contributed by atoms with E-state index in [2.05, 4.69) is 16.8 Å². The van der Waals surface area contributed by atoms with E-state index in [1.165, 1.54) is 23.5 Å². The maximum atomic E-state index is 12.3. The first-order valence-corrected chi connectivity index (χ1v) is 9.21. The highest BCUT2D eigenvalue weighted by molar-refractivity contribution is 5.57. The molecule has 0 amide bonds. The van der Waals surface area contributed by atoms with Gasteiger partial charge in [-0.1, -0.05) is 24.0 Å². The molecular weight excluding hydrogens is 344 g/mol. The minimum atomic E-state index is -0.173. The summed E-state index contributed by atoms with van der Waals surface area (Å²) < 4.78 is 18.1. The number of hydrogen-bond acceptors (Lipinski definition) is 5. The molecule has 2 fully saturated rings. The number of ether oxygens (including phenoxy) is 3. The van der Waals surface area contributed by atoms with Crippen molar-refractivity contribution >= 4 is 0 Å². The summed E-state index contributed by atoms with van der Waals surface area (Å²) in [5, 5.41) is 0. The molecule has 6 heteroatoms. The van der Waals surface area contributed by atoms with Gasteiger partial charge in [0.15, 0.2) is 0 Å². The van der Waals surface area contributed by atoms with Crippen molar-refractivity contribution in [1.29, 1.82) is 0 Å². The fourth-order valence-corrected chi connectivity index (χ4v) is 2.78. The van der Waals surface area contributed by atoms with Crippen molar-refractivity contribution < 1.29 is 14.2 Å². The van der Waals surface area contributed by atoms with Gasteiger partial charge in [0.05, 0.1) is 25.9 Å². The summed E-state index contributed by atoms with van der Waals surface area (Å²) in [6.07, 6.45) is 2.28. The molecular formula is C21H22N2O4. The van der Waals surface area contributed by atoms with E-state index in [4.69, 9.17) is 14.2 Å². The van der Waals surface area contributed by atoms with Gasteiger partial charge in [-0.05, 0) is 25.0 Å². The van der Waals surface area contributed by atoms with Crippen LogP contribution in [0.25, 0.3) is 11.4 Å². The average Bonchev–Trinajstić information content (AvgIpc) is 3.53. The Morgan fingerprint density at radius 2 is 2.07 bits per heavy atom. The molecule has 4 rings (SSSR count). The second-order valence-electron chi connectivity index (χ2n) is 6.81. The predicted molar refractivity (Wildman–Crippen MR) is 101 cm³/mol. The summed E-state index contributed by atoms with van der Waals surface area (Å²) in [6, 6.07) is 9.17. The van der Waals surface area contributed by atoms with Crippen LogP contribution >= 0.6 is 0 Å². The largest absolute Gasteiger partial charge is 0.475 e. The van der Waals surface area contributed by atoms with Crippen LogP contribution in [0.15, 0.2) is 35.1 Å². The summed E-state index contributed by atoms with van der Waals surface area (Å²) in [5.41, 5.74) is 1.64. The number of aromatic nitrogens is 2. The molecule has 0 N–H and O–H groups in total. The van der Waals surface area contributed by atoms with E-state index in [0.717, 1.165) is 11.1 Å². The van der Waals surface area contributed by atoms with Gasteiger partial charge in [0.1, 0.15) is 18.5 Å². The number of nitrogens with zero attached hydrogens (tertiary/aromatic N) is 2. The minimum absolute atomic E-state index is 0.141. The van der Waals surface area contributed by atoms with Crippen molar-refractivity contribution in [1.82, 2.24) is 9.55 Å². The van der Waals surface area contributed by atoms with Crippen LogP contribution in [0.4, 0.5) is 0 Å². The first kappa shape index (κ1) is 17.8. The van der Waals surface area contributed by atoms with Gasteiger partial charge in [-0.25, -0.2) is 0 Å². The van der Waals surface area contributed by atoms with Crippen LogP contribution in [-0.2, 0) is 16.5 Å². The lowest BCUT2D eigenvalue weighted by atomic mass is 10.1. The van der Waals surface area contributed by atoms with Crippen LogP contribution in [0.2, 0.25) is 0 Å². The number of benzene rings is 1. The van der Waals surface area contributed by atoms with Crippen molar-refractivity contribution in [3.63, 3.8) is 0 Å². The Morgan fingerprint density at radius 3 is 2.78 bits per heavy atom. The fourth-order valence-electron chi connectivity index (χ4n) is 2.78. The Balaban J connectivity index is 1.51. The first-order chi connectivity index (χ1) is 13.2. The molecule has 1 unspecified atom stereocenters. The zero-order chi connectivity index (χ0) is 18.6. The Kier molecular flexibility index (Phi) is 5.23. The summed E-state index contributed by atoms with van der Waals surface area (Å²) in [6.45, 7) is 1.95. The van der Waals surface area contributed by atoms with Crippen molar-refractivity contribution in [3.8, 4) is 29.1 Å². The van der Waals surface area contributed by atoms with Crippen LogP contribution in [0.3, 0.4) is 0 Å². The molecule has 6 nitrogen and oxygen atoms in total. The molecule has 1 aromatic heterocycles. The maximum absolute atomic E-state index is 12.3. The summed E-state index contributed by atoms with van der Waals surface area (Å²) in [5.74, 6) is 7.85. The third kappa shape index (κ3) is 4.57. The van der Waals surface area contributed by atoms with Crippen LogP contribution in [0.1, 0.15) is 18.4 Å². The van der Waals surface area contributed by atoms with Crippen LogP contribution in [0, 0.1) is 17.8 Å². The molecule has 1 aliphatic carbocycles. The molecule has 1 saturated heterocycles. The van der Waals surface area contributed by atoms with Gasteiger partial charge in [-0.15, -0.1) is 0 Å². The second kappa shape index (κ2) is 7.95. The normalized spacial score (nSPS) is 19.2. The van der Waals surface area contributed by atoms with Crippen molar-refractivity contribution in [2.24, 2.45) is 13.0 Å². The molecule has 2 aromatic rings. The van der Waals surface area contributed by atoms with Crippen molar-refractivity contribution in [2.75, 3.05) is 26.4 Å². The van der Waals surface area contributed by atoms with Gasteiger partial charge in [0, 0.05) is 24.1 Å². The van der Waals surface area contributed by atoms with Gasteiger partial charge in [0.25, 0.3) is 5.56 Å². The van der Waals surface area contributed by atoms with E-state index in [-0.39, 0.29) is 11.7 Å². The third-order valence-electron chi connectivity index (χ3n) is 4.55. The standard InChI is InChI=1S/C21H22N2O4/c1-23-20(24)12-19(27-14-18-13-25-10-11-26-18)22-21(23)17-8-6-16(7-9-17)5-4-15-2-3-15/h6-9,12,15,18H,2-3,10-11,13-14H2,1H3. The average molecular weight is 366 g/mol. The molecule has 2 aliphatic rings. The monoisotopic (exact) mass is 366 g/mol. The van der Waals surface area contributed by atoms with Gasteiger partial charge >= 0.3 is 0 Å². The van der Waals surface area contributed by atoms with Gasteiger partial charge in [-0.2, -0.15) is 4.98 Å². The molecule has 1 aliphatic heterocycles. The van der Waals surface area contributed by atoms with Gasteiger partial charge in [-0.3, -0.25) is 9.36 Å². The first-order valence-electron chi connectivity index (χ1n) is 9.21. The molecule has 1 atom stereocenters. The minimum Gasteiger partial charge on any atom is -0.475 e. The van der Waals surface area contributed by atoms with E-state index in [0.29, 0.717) is 44.0 Å². The lowest BCUT2D eigenvalue weighted by Crippen LogP contribution is -2.33. The number of rotatable bonds is 4. The number of hydrogen-bond donors (Lipinski definition) is 0. The Morgan fingerprint density at radius 1 is 1.26 bits per heavy atom. The van der Waals surface area contributed by atoms with E-state index in [1.54, 1.807) is 7.05 Å². The molecule has 1 saturated carbocycles. The smallest absolute Gasteiger partial charge is 0.257 e. The second-order valence-corrected chi connectivity index (χ2v) is 6.81. The highest BCUT2D eigenvalue weighted by Gasteiger charge is 2.18. The van der Waals surface area contributed by atoms with Gasteiger partial charge < -0.3 is 14.2 Å². The van der Waals surface area contributed by atoms with E-state index in [1.807, 2.05) is 24.3 Å². The SMILES string of the molecule is Cn1c(-c2ccc(C#CC3CC3)cc2)nc(OCC2COCCO2)cc1=O. The molecule has 140 valence electrons. The van der Waals surface area contributed by atoms with Gasteiger partial charge in [0.2, 0.25) is 5.88 Å². The third-order valence-corrected chi connectivity index (χ3v) is 4.55. The highest BCUT2D eigenvalue weighted by Crippen LogP contribution is 2.27. The fraction of sp³-hybridized carbons (Fsp3) is 0.429. The highest BCUT2D eigenvalue weighted by atomic mass is 16.6. The Hall–Kier alpha value is -2.62. The summed E-state index contributed by atoms with van der Waals surface area (Å²) in [4.78, 5) is 16.8. The van der Waals surface area contributed by atoms with Crippen LogP contribution in [-0.4, -0.2) is 42.1 Å². The predicted octanol–water partition coefficient (Wildman–Crippen LogP) is 2.00. The van der Waals surface area contributed by atoms with Crippen molar-refractivity contribution in [3.05, 3.63) is 46.2 Å². The summed E-state index contributed by atoms with van der Waals surface area (Å²) >= 11 is 0. The Bertz CT molecular complexity index is 914. The molecule has 0 radical (unpaired) electrons. The summed E-state index contributed by atoms with van der Waals surface area (Å²) in [7, 11) is 1.70. The zero-order valence-electron chi connectivity index (χ0n) is 15.3. The van der Waals surface area contributed by atoms with Crippen LogP contribution < -0.4 is 10.3 Å². The zero-order valence-corrected chi connectivity index (χ0v) is 15.3. The van der Waals surface area contributed by atoms with Crippen LogP contribution in [0.5, 0.6) is 5.88 Å². The lowest BCUT2D eigenvalue weighted by Gasteiger charge is -2.22. The molecule has 2 heterocycles. The maximum Gasteiger partial charge on any atom is 0.257 e. The van der Waals surface area contributed by atoms with E-state index >= 15 is 0 Å². The quantitative estimate of drug-likeness (QED) is 0.775. The van der Waals surface area contributed by atoms with Crippen molar-refractivity contribution in [2.45, 2.75) is 18.9 Å². The lowest BCUT2D eigenvalue weighted by molar-refractivity contribution is -0.102. The van der Waals surface area contributed by atoms with E-state index < -0.39 is 0 Å². The molecule has 0 spiro atoms. The Labute approximate surface area is 158 Å². The molecule has 0 bridgehead atoms. The van der Waals surface area contributed by atoms with E-state index in [9.17, 15) is 4.79 Å².